The predicted molar refractivity (Wildman–Crippen MR) is 122 cm³/mol. The number of aromatic nitrogens is 2. The maximum atomic E-state index is 11.1. The fraction of sp³-hybridized carbons (Fsp3) is 0.333. The molecule has 4 rings (SSSR count). The van der Waals surface area contributed by atoms with E-state index in [9.17, 15) is 20.1 Å². The topological polar surface area (TPSA) is 145 Å². The molecule has 0 aliphatic carbocycles. The van der Waals surface area contributed by atoms with Crippen LogP contribution in [-0.4, -0.2) is 72.8 Å². The van der Waals surface area contributed by atoms with Crippen molar-refractivity contribution in [3.8, 4) is 0 Å². The number of hydrogen-bond donors (Lipinski definition) is 5. The van der Waals surface area contributed by atoms with Gasteiger partial charge < -0.3 is 34.9 Å². The van der Waals surface area contributed by atoms with Gasteiger partial charge in [0.1, 0.15) is 42.3 Å². The van der Waals surface area contributed by atoms with Crippen molar-refractivity contribution in [3.05, 3.63) is 57.8 Å². The van der Waals surface area contributed by atoms with Crippen molar-refractivity contribution in [2.75, 3.05) is 6.61 Å². The van der Waals surface area contributed by atoms with Crippen LogP contribution >= 0.6 is 35.0 Å². The molecule has 5 N–H and O–H groups in total. The van der Waals surface area contributed by atoms with Gasteiger partial charge in [-0.15, -0.1) is 0 Å². The Morgan fingerprint density at radius 3 is 2.64 bits per heavy atom. The highest BCUT2D eigenvalue weighted by atomic mass is 35.5. The van der Waals surface area contributed by atoms with E-state index in [0.29, 0.717) is 31.8 Å². The molecule has 2 aromatic carbocycles. The summed E-state index contributed by atoms with van der Waals surface area (Å²) in [6.07, 6.45) is -4.60. The van der Waals surface area contributed by atoms with E-state index in [1.54, 1.807) is 24.3 Å². The highest BCUT2D eigenvalue weighted by molar-refractivity contribution is 7.99. The summed E-state index contributed by atoms with van der Waals surface area (Å²) in [6.45, 7) is -0.576. The molecule has 0 amide bonds. The quantitative estimate of drug-likeness (QED) is 0.321. The van der Waals surface area contributed by atoms with Crippen LogP contribution < -0.4 is 0 Å². The van der Waals surface area contributed by atoms with Gasteiger partial charge in [0.15, 0.2) is 0 Å². The number of fused-ring (bicyclic) bond motifs is 1. The molecule has 0 radical (unpaired) electrons. The number of thioether (sulfide) groups is 1. The number of carboxylic acids is 1. The number of benzene rings is 2. The number of halogens is 2. The van der Waals surface area contributed by atoms with Gasteiger partial charge >= 0.3 is 5.97 Å². The molecule has 0 unspecified atom stereocenters. The lowest BCUT2D eigenvalue weighted by Gasteiger charge is -2.41. The number of aliphatic hydroxyl groups is 3. The fourth-order valence-electron chi connectivity index (χ4n) is 3.47. The van der Waals surface area contributed by atoms with Crippen molar-refractivity contribution in [2.45, 2.75) is 41.4 Å². The molecule has 1 fully saturated rings. The number of aromatic amines is 1. The standard InChI is InChI=1S/C21H20Cl2N2O7S/c22-11-3-2-10(6-12(11)23)33-21-18(28)19(17(27)15(7-26)32-21)31-8-16-24-13-4-1-9(20(29)30)5-14(13)25-16/h1-6,15,17-19,21,26-28H,7-8H2,(H,24,25)(H,29,30)/t15-,17+,18-,19+,21-/m1/s1. The van der Waals surface area contributed by atoms with Crippen molar-refractivity contribution in [2.24, 2.45) is 0 Å². The minimum atomic E-state index is -1.29. The average molecular weight is 515 g/mol. The molecule has 5 atom stereocenters. The second-order valence-corrected chi connectivity index (χ2v) is 9.38. The minimum Gasteiger partial charge on any atom is -0.478 e. The lowest BCUT2D eigenvalue weighted by Crippen LogP contribution is -2.58. The lowest BCUT2D eigenvalue weighted by molar-refractivity contribution is -0.223. The van der Waals surface area contributed by atoms with Gasteiger partial charge in [-0.05, 0) is 36.4 Å². The fourth-order valence-corrected chi connectivity index (χ4v) is 4.93. The Bertz CT molecular complexity index is 1160. The van der Waals surface area contributed by atoms with Crippen LogP contribution in [0.5, 0.6) is 0 Å². The number of ether oxygens (including phenoxy) is 2. The zero-order chi connectivity index (χ0) is 23.7. The summed E-state index contributed by atoms with van der Waals surface area (Å²) in [4.78, 5) is 19.1. The van der Waals surface area contributed by atoms with Crippen LogP contribution in [0.15, 0.2) is 41.3 Å². The summed E-state index contributed by atoms with van der Waals surface area (Å²) in [5.74, 6) is -0.675. The van der Waals surface area contributed by atoms with E-state index >= 15 is 0 Å². The lowest BCUT2D eigenvalue weighted by atomic mass is 10.00. The van der Waals surface area contributed by atoms with E-state index in [-0.39, 0.29) is 12.2 Å². The van der Waals surface area contributed by atoms with Crippen LogP contribution in [-0.2, 0) is 16.1 Å². The molecule has 0 saturated carbocycles. The first kappa shape index (κ1) is 24.2. The van der Waals surface area contributed by atoms with Gasteiger partial charge in [0.05, 0.1) is 33.2 Å². The Hall–Kier alpha value is -1.89. The van der Waals surface area contributed by atoms with Crippen molar-refractivity contribution in [3.63, 3.8) is 0 Å². The molecule has 0 bridgehead atoms. The molecule has 2 heterocycles. The normalized spacial score (nSPS) is 25.4. The number of carboxylic acid groups (broad SMARTS) is 1. The van der Waals surface area contributed by atoms with E-state index in [2.05, 4.69) is 9.97 Å². The van der Waals surface area contributed by atoms with Crippen LogP contribution in [0.2, 0.25) is 10.0 Å². The van der Waals surface area contributed by atoms with Gasteiger partial charge in [0.2, 0.25) is 0 Å². The van der Waals surface area contributed by atoms with Gasteiger partial charge in [-0.2, -0.15) is 0 Å². The number of carbonyl (C=O) groups is 1. The highest BCUT2D eigenvalue weighted by Gasteiger charge is 2.45. The number of aliphatic hydroxyl groups excluding tert-OH is 3. The molecule has 1 saturated heterocycles. The van der Waals surface area contributed by atoms with E-state index in [4.69, 9.17) is 37.8 Å². The zero-order valence-electron chi connectivity index (χ0n) is 16.9. The average Bonchev–Trinajstić information content (AvgIpc) is 3.20. The molecular weight excluding hydrogens is 495 g/mol. The SMILES string of the molecule is O=C(O)c1ccc2nc(CO[C@@H]3[C@@H](O)[C@@H](Sc4ccc(Cl)c(Cl)c4)O[C@H](CO)[C@@H]3O)[nH]c2c1. The van der Waals surface area contributed by atoms with Gasteiger partial charge in [-0.25, -0.2) is 9.78 Å². The van der Waals surface area contributed by atoms with Crippen molar-refractivity contribution in [1.82, 2.24) is 9.97 Å². The smallest absolute Gasteiger partial charge is 0.335 e. The molecule has 1 aliphatic rings. The molecule has 1 aromatic heterocycles. The summed E-state index contributed by atoms with van der Waals surface area (Å²) in [6, 6.07) is 9.42. The number of hydrogen-bond acceptors (Lipinski definition) is 8. The largest absolute Gasteiger partial charge is 0.478 e. The third-order valence-electron chi connectivity index (χ3n) is 5.16. The number of nitrogens with zero attached hydrogens (tertiary/aromatic N) is 1. The molecule has 9 nitrogen and oxygen atoms in total. The summed E-state index contributed by atoms with van der Waals surface area (Å²) >= 11 is 13.2. The summed E-state index contributed by atoms with van der Waals surface area (Å²) in [7, 11) is 0. The van der Waals surface area contributed by atoms with Crippen molar-refractivity contribution >= 4 is 52.0 Å². The van der Waals surface area contributed by atoms with Crippen molar-refractivity contribution in [1.29, 1.82) is 0 Å². The Morgan fingerprint density at radius 1 is 1.15 bits per heavy atom. The molecule has 3 aromatic rings. The molecular formula is C21H20Cl2N2O7S. The van der Waals surface area contributed by atoms with E-state index in [1.165, 1.54) is 12.1 Å². The van der Waals surface area contributed by atoms with E-state index < -0.39 is 42.4 Å². The number of nitrogens with one attached hydrogen (secondary N) is 1. The van der Waals surface area contributed by atoms with Crippen LogP contribution in [0.25, 0.3) is 11.0 Å². The summed E-state index contributed by atoms with van der Waals surface area (Å²) in [5.41, 5.74) is 0.319. The number of aromatic carboxylic acids is 1. The molecule has 33 heavy (non-hydrogen) atoms. The first-order chi connectivity index (χ1) is 15.8. The first-order valence-electron chi connectivity index (χ1n) is 9.84. The van der Waals surface area contributed by atoms with Crippen LogP contribution in [0.4, 0.5) is 0 Å². The Morgan fingerprint density at radius 2 is 1.94 bits per heavy atom. The third kappa shape index (κ3) is 5.28. The molecule has 176 valence electrons. The van der Waals surface area contributed by atoms with Gasteiger partial charge in [-0.1, -0.05) is 35.0 Å². The second kappa shape index (κ2) is 10.2. The maximum Gasteiger partial charge on any atom is 0.335 e. The Labute approximate surface area is 202 Å². The Kier molecular flexibility index (Phi) is 7.46. The second-order valence-electron chi connectivity index (χ2n) is 7.40. The molecule has 12 heteroatoms. The van der Waals surface area contributed by atoms with E-state index in [1.807, 2.05) is 0 Å². The highest BCUT2D eigenvalue weighted by Crippen LogP contribution is 2.36. The van der Waals surface area contributed by atoms with Gasteiger partial charge in [0.25, 0.3) is 0 Å². The van der Waals surface area contributed by atoms with Crippen LogP contribution in [0, 0.1) is 0 Å². The number of H-pyrrole nitrogens is 1. The van der Waals surface area contributed by atoms with E-state index in [0.717, 1.165) is 11.8 Å². The predicted octanol–water partition coefficient (Wildman–Crippen LogP) is 2.68. The third-order valence-corrected chi connectivity index (χ3v) is 7.04. The van der Waals surface area contributed by atoms with Gasteiger partial charge in [-0.3, -0.25) is 0 Å². The molecule has 0 spiro atoms. The van der Waals surface area contributed by atoms with Crippen molar-refractivity contribution < 1.29 is 34.7 Å². The first-order valence-corrected chi connectivity index (χ1v) is 11.5. The maximum absolute atomic E-state index is 11.1. The number of rotatable bonds is 7. The summed E-state index contributed by atoms with van der Waals surface area (Å²) in [5, 5.41) is 40.9. The summed E-state index contributed by atoms with van der Waals surface area (Å²) < 4.78 is 11.5. The van der Waals surface area contributed by atoms with Crippen LogP contribution in [0.3, 0.4) is 0 Å². The van der Waals surface area contributed by atoms with Crippen LogP contribution in [0.1, 0.15) is 16.2 Å². The minimum absolute atomic E-state index is 0.0990. The van der Waals surface area contributed by atoms with Gasteiger partial charge in [0, 0.05) is 4.90 Å². The molecule has 1 aliphatic heterocycles. The Balaban J connectivity index is 1.49. The monoisotopic (exact) mass is 514 g/mol. The number of imidazole rings is 1. The zero-order valence-corrected chi connectivity index (χ0v) is 19.2.